The molecule has 9 heteroatoms. The Bertz CT molecular complexity index is 1150. The number of pyridine rings is 2. The van der Waals surface area contributed by atoms with Gasteiger partial charge < -0.3 is 4.74 Å². The number of rotatable bonds is 3. The molecule has 0 N–H and O–H groups in total. The number of aromatic nitrogens is 5. The third-order valence-corrected chi connectivity index (χ3v) is 4.26. The maximum absolute atomic E-state index is 12.3. The van der Waals surface area contributed by atoms with Gasteiger partial charge in [-0.05, 0) is 59.7 Å². The minimum absolute atomic E-state index is 0.260. The van der Waals surface area contributed by atoms with Crippen LogP contribution in [0.5, 0.6) is 5.75 Å². The van der Waals surface area contributed by atoms with Gasteiger partial charge in [-0.1, -0.05) is 18.2 Å². The maximum Gasteiger partial charge on any atom is 0.573 e. The first-order valence-corrected chi connectivity index (χ1v) is 8.33. The van der Waals surface area contributed by atoms with Crippen molar-refractivity contribution in [1.29, 1.82) is 0 Å². The van der Waals surface area contributed by atoms with Crippen molar-refractivity contribution in [2.75, 3.05) is 0 Å². The van der Waals surface area contributed by atoms with E-state index in [1.165, 1.54) is 12.1 Å². The smallest absolute Gasteiger partial charge is 0.406 e. The molecule has 0 spiro atoms. The lowest BCUT2D eigenvalue weighted by atomic mass is 10.0. The summed E-state index contributed by atoms with van der Waals surface area (Å²) in [4.78, 5) is 4.64. The van der Waals surface area contributed by atoms with Crippen LogP contribution >= 0.6 is 0 Å². The van der Waals surface area contributed by atoms with E-state index in [0.29, 0.717) is 5.65 Å². The molecular formula is C19H14F3N5O. The fraction of sp³-hybridized carbons (Fsp3) is 0.158. The lowest BCUT2D eigenvalue weighted by Gasteiger charge is -2.11. The number of aryl methyl sites for hydroxylation is 2. The van der Waals surface area contributed by atoms with E-state index in [1.807, 2.05) is 32.0 Å². The Labute approximate surface area is 157 Å². The molecule has 4 rings (SSSR count). The molecule has 0 unspecified atom stereocenters. The van der Waals surface area contributed by atoms with Crippen molar-refractivity contribution < 1.29 is 17.9 Å². The number of alkyl halides is 3. The third kappa shape index (κ3) is 3.51. The standard InChI is InChI=1S/C19H14F3N5O/c1-11-9-14(10-27-18(11)24-25-26-27)17-8-7-16(12(2)23-17)13-3-5-15(6-4-13)28-19(20,21)22/h3-10H,1-2H3. The Morgan fingerprint density at radius 1 is 0.964 bits per heavy atom. The average molecular weight is 385 g/mol. The molecule has 0 aliphatic carbocycles. The SMILES string of the molecule is Cc1nc(-c2cc(C)c3nnnn3c2)ccc1-c1ccc(OC(F)(F)F)cc1. The number of fused-ring (bicyclic) bond motifs is 1. The van der Waals surface area contributed by atoms with E-state index >= 15 is 0 Å². The molecule has 4 aromatic rings. The monoisotopic (exact) mass is 385 g/mol. The molecule has 0 atom stereocenters. The number of halogens is 3. The molecule has 0 fully saturated rings. The number of benzene rings is 1. The summed E-state index contributed by atoms with van der Waals surface area (Å²) >= 11 is 0. The number of tetrazole rings is 1. The zero-order valence-corrected chi connectivity index (χ0v) is 14.9. The van der Waals surface area contributed by atoms with Gasteiger partial charge in [0.15, 0.2) is 5.65 Å². The second-order valence-electron chi connectivity index (χ2n) is 6.26. The van der Waals surface area contributed by atoms with Gasteiger partial charge in [0, 0.05) is 23.0 Å². The number of hydrogen-bond donors (Lipinski definition) is 0. The van der Waals surface area contributed by atoms with Crippen LogP contribution in [0.2, 0.25) is 0 Å². The minimum Gasteiger partial charge on any atom is -0.406 e. The third-order valence-electron chi connectivity index (χ3n) is 4.26. The Morgan fingerprint density at radius 2 is 1.71 bits per heavy atom. The molecule has 3 aromatic heterocycles. The van der Waals surface area contributed by atoms with E-state index in [4.69, 9.17) is 0 Å². The molecule has 0 saturated heterocycles. The Hall–Kier alpha value is -3.49. The van der Waals surface area contributed by atoms with Gasteiger partial charge in [-0.3, -0.25) is 4.98 Å². The van der Waals surface area contributed by atoms with Crippen molar-refractivity contribution in [1.82, 2.24) is 25.0 Å². The van der Waals surface area contributed by atoms with E-state index in [-0.39, 0.29) is 5.75 Å². The number of ether oxygens (including phenoxy) is 1. The Morgan fingerprint density at radius 3 is 2.39 bits per heavy atom. The van der Waals surface area contributed by atoms with Gasteiger partial charge >= 0.3 is 6.36 Å². The summed E-state index contributed by atoms with van der Waals surface area (Å²) in [7, 11) is 0. The quantitative estimate of drug-likeness (QED) is 0.524. The van der Waals surface area contributed by atoms with Crippen LogP contribution in [0, 0.1) is 13.8 Å². The lowest BCUT2D eigenvalue weighted by Crippen LogP contribution is -2.16. The Balaban J connectivity index is 1.66. The number of hydrogen-bond acceptors (Lipinski definition) is 5. The molecule has 142 valence electrons. The first kappa shape index (κ1) is 17.9. The van der Waals surface area contributed by atoms with Crippen LogP contribution in [0.1, 0.15) is 11.3 Å². The molecule has 0 aliphatic rings. The first-order chi connectivity index (χ1) is 13.3. The van der Waals surface area contributed by atoms with Crippen molar-refractivity contribution in [3.8, 4) is 28.1 Å². The summed E-state index contributed by atoms with van der Waals surface area (Å²) in [5.41, 5.74) is 5.53. The van der Waals surface area contributed by atoms with Gasteiger partial charge in [-0.15, -0.1) is 18.3 Å². The van der Waals surface area contributed by atoms with Crippen molar-refractivity contribution in [2.24, 2.45) is 0 Å². The van der Waals surface area contributed by atoms with E-state index in [9.17, 15) is 13.2 Å². The molecule has 0 radical (unpaired) electrons. The zero-order chi connectivity index (χ0) is 19.9. The second kappa shape index (κ2) is 6.59. The van der Waals surface area contributed by atoms with E-state index in [2.05, 4.69) is 25.2 Å². The van der Waals surface area contributed by atoms with Gasteiger partial charge in [-0.2, -0.15) is 4.52 Å². The van der Waals surface area contributed by atoms with Crippen LogP contribution in [0.4, 0.5) is 13.2 Å². The average Bonchev–Trinajstić information content (AvgIpc) is 3.10. The van der Waals surface area contributed by atoms with Crippen molar-refractivity contribution >= 4 is 5.65 Å². The van der Waals surface area contributed by atoms with E-state index < -0.39 is 6.36 Å². The summed E-state index contributed by atoms with van der Waals surface area (Å²) in [5.74, 6) is -0.260. The highest BCUT2D eigenvalue weighted by atomic mass is 19.4. The summed E-state index contributed by atoms with van der Waals surface area (Å²) in [6.45, 7) is 3.77. The maximum atomic E-state index is 12.3. The second-order valence-corrected chi connectivity index (χ2v) is 6.26. The van der Waals surface area contributed by atoms with Crippen LogP contribution in [0.25, 0.3) is 28.0 Å². The largest absolute Gasteiger partial charge is 0.573 e. The van der Waals surface area contributed by atoms with Crippen molar-refractivity contribution in [3.63, 3.8) is 0 Å². The van der Waals surface area contributed by atoms with Crippen LogP contribution in [0.3, 0.4) is 0 Å². The zero-order valence-electron chi connectivity index (χ0n) is 14.9. The normalized spacial score (nSPS) is 11.8. The van der Waals surface area contributed by atoms with Gasteiger partial charge in [0.05, 0.1) is 5.69 Å². The van der Waals surface area contributed by atoms with Gasteiger partial charge in [0.1, 0.15) is 5.75 Å². The first-order valence-electron chi connectivity index (χ1n) is 8.33. The highest BCUT2D eigenvalue weighted by Gasteiger charge is 2.31. The highest BCUT2D eigenvalue weighted by molar-refractivity contribution is 5.70. The fourth-order valence-electron chi connectivity index (χ4n) is 3.01. The summed E-state index contributed by atoms with van der Waals surface area (Å²) < 4.78 is 42.4. The summed E-state index contributed by atoms with van der Waals surface area (Å²) in [6.07, 6.45) is -2.91. The van der Waals surface area contributed by atoms with Gasteiger partial charge in [-0.25, -0.2) is 0 Å². The molecule has 28 heavy (non-hydrogen) atoms. The van der Waals surface area contributed by atoms with Crippen molar-refractivity contribution in [2.45, 2.75) is 20.2 Å². The van der Waals surface area contributed by atoms with Crippen LogP contribution in [0.15, 0.2) is 48.7 Å². The minimum atomic E-state index is -4.71. The molecule has 1 aromatic carbocycles. The molecule has 0 saturated carbocycles. The fourth-order valence-corrected chi connectivity index (χ4v) is 3.01. The van der Waals surface area contributed by atoms with Crippen molar-refractivity contribution in [3.05, 3.63) is 59.9 Å². The summed E-state index contributed by atoms with van der Waals surface area (Å²) in [6, 6.07) is 11.4. The molecule has 6 nitrogen and oxygen atoms in total. The van der Waals surface area contributed by atoms with Crippen LogP contribution in [-0.4, -0.2) is 31.4 Å². The lowest BCUT2D eigenvalue weighted by molar-refractivity contribution is -0.274. The molecular weight excluding hydrogens is 371 g/mol. The van der Waals surface area contributed by atoms with Crippen LogP contribution in [-0.2, 0) is 0 Å². The molecule has 0 bridgehead atoms. The van der Waals surface area contributed by atoms with Crippen LogP contribution < -0.4 is 4.74 Å². The topological polar surface area (TPSA) is 65.2 Å². The Kier molecular flexibility index (Phi) is 4.21. The van der Waals surface area contributed by atoms with E-state index in [1.54, 1.807) is 22.8 Å². The van der Waals surface area contributed by atoms with Gasteiger partial charge in [0.25, 0.3) is 0 Å². The predicted molar refractivity (Wildman–Crippen MR) is 95.6 cm³/mol. The van der Waals surface area contributed by atoms with Gasteiger partial charge in [0.2, 0.25) is 0 Å². The number of nitrogens with zero attached hydrogens (tertiary/aromatic N) is 5. The molecule has 3 heterocycles. The molecule has 0 amide bonds. The highest BCUT2D eigenvalue weighted by Crippen LogP contribution is 2.29. The van der Waals surface area contributed by atoms with E-state index in [0.717, 1.165) is 33.6 Å². The molecule has 0 aliphatic heterocycles. The predicted octanol–water partition coefficient (Wildman–Crippen LogP) is 4.37. The summed E-state index contributed by atoms with van der Waals surface area (Å²) in [5, 5.41) is 11.5.